The number of carbonyl (C=O) groups is 3. The average molecular weight is 340 g/mol. The lowest BCUT2D eigenvalue weighted by molar-refractivity contribution is -0.159. The fourth-order valence-corrected chi connectivity index (χ4v) is 3.83. The summed E-state index contributed by atoms with van der Waals surface area (Å²) in [5.74, 6) is -3.83. The van der Waals surface area contributed by atoms with Crippen molar-refractivity contribution in [2.24, 2.45) is 11.8 Å². The first-order valence-electron chi connectivity index (χ1n) is 8.09. The molecule has 6 heteroatoms. The molecule has 0 bridgehead atoms. The molecule has 6 nitrogen and oxygen atoms in total. The predicted molar refractivity (Wildman–Crippen MR) is 86.9 cm³/mol. The Bertz CT molecular complexity index is 887. The molecular weight excluding hydrogens is 324 g/mol. The van der Waals surface area contributed by atoms with Crippen molar-refractivity contribution in [2.75, 3.05) is 13.7 Å². The van der Waals surface area contributed by atoms with Crippen molar-refractivity contribution >= 4 is 28.7 Å². The number of carbonyl (C=O) groups excluding carboxylic acids is 3. The lowest BCUT2D eigenvalue weighted by Gasteiger charge is -2.33. The minimum absolute atomic E-state index is 0.281. The highest BCUT2D eigenvalue weighted by atomic mass is 16.6. The summed E-state index contributed by atoms with van der Waals surface area (Å²) in [6.45, 7) is 0.281. The highest BCUT2D eigenvalue weighted by Crippen LogP contribution is 2.48. The number of hydrogen-bond acceptors (Lipinski definition) is 6. The maximum absolute atomic E-state index is 12.5. The van der Waals surface area contributed by atoms with Gasteiger partial charge in [-0.25, -0.2) is 0 Å². The Balaban J connectivity index is 1.98. The van der Waals surface area contributed by atoms with Gasteiger partial charge in [0.2, 0.25) is 0 Å². The lowest BCUT2D eigenvalue weighted by atomic mass is 9.73. The SMILES string of the molecule is COC(=O)[C@@H]1C(=O)Oc2ccc3ccccc3c2[C@@H]1[C@@H]1CCOC1=O. The molecule has 1 saturated heterocycles. The van der Waals surface area contributed by atoms with E-state index < -0.39 is 35.7 Å². The zero-order chi connectivity index (χ0) is 17.6. The molecule has 2 heterocycles. The molecule has 0 amide bonds. The van der Waals surface area contributed by atoms with Gasteiger partial charge in [0.15, 0.2) is 5.92 Å². The first-order valence-corrected chi connectivity index (χ1v) is 8.09. The predicted octanol–water partition coefficient (Wildman–Crippen LogP) is 2.19. The monoisotopic (exact) mass is 340 g/mol. The molecule has 2 aliphatic heterocycles. The van der Waals surface area contributed by atoms with Crippen LogP contribution in [0.4, 0.5) is 0 Å². The number of benzene rings is 2. The largest absolute Gasteiger partial charge is 0.468 e. The topological polar surface area (TPSA) is 78.9 Å². The van der Waals surface area contributed by atoms with Crippen LogP contribution in [0.25, 0.3) is 10.8 Å². The van der Waals surface area contributed by atoms with Crippen molar-refractivity contribution in [3.63, 3.8) is 0 Å². The summed E-state index contributed by atoms with van der Waals surface area (Å²) in [5, 5.41) is 1.80. The zero-order valence-corrected chi connectivity index (χ0v) is 13.6. The van der Waals surface area contributed by atoms with Gasteiger partial charge in [0, 0.05) is 11.5 Å². The summed E-state index contributed by atoms with van der Waals surface area (Å²) in [4.78, 5) is 37.1. The second-order valence-electron chi connectivity index (χ2n) is 6.21. The molecule has 0 aliphatic carbocycles. The third kappa shape index (κ3) is 2.36. The van der Waals surface area contributed by atoms with E-state index in [0.29, 0.717) is 17.7 Å². The number of ether oxygens (including phenoxy) is 3. The van der Waals surface area contributed by atoms with E-state index in [1.807, 2.05) is 30.3 Å². The molecular formula is C19H16O6. The van der Waals surface area contributed by atoms with Crippen LogP contribution < -0.4 is 4.74 Å². The van der Waals surface area contributed by atoms with Gasteiger partial charge < -0.3 is 14.2 Å². The first-order chi connectivity index (χ1) is 12.1. The molecule has 2 aromatic rings. The Morgan fingerprint density at radius 2 is 1.92 bits per heavy atom. The molecule has 2 aromatic carbocycles. The van der Waals surface area contributed by atoms with E-state index >= 15 is 0 Å². The van der Waals surface area contributed by atoms with Gasteiger partial charge in [-0.05, 0) is 23.3 Å². The average Bonchev–Trinajstić information content (AvgIpc) is 3.05. The van der Waals surface area contributed by atoms with Crippen LogP contribution in [0.2, 0.25) is 0 Å². The first kappa shape index (κ1) is 15.6. The van der Waals surface area contributed by atoms with Gasteiger partial charge in [-0.15, -0.1) is 0 Å². The summed E-state index contributed by atoms with van der Waals surface area (Å²) in [6, 6.07) is 11.2. The summed E-state index contributed by atoms with van der Waals surface area (Å²) in [5.41, 5.74) is 0.692. The van der Waals surface area contributed by atoms with Gasteiger partial charge in [-0.3, -0.25) is 14.4 Å². The van der Waals surface area contributed by atoms with E-state index in [1.165, 1.54) is 7.11 Å². The van der Waals surface area contributed by atoms with Crippen LogP contribution in [-0.2, 0) is 23.9 Å². The smallest absolute Gasteiger partial charge is 0.326 e. The van der Waals surface area contributed by atoms with Crippen LogP contribution in [0, 0.1) is 11.8 Å². The van der Waals surface area contributed by atoms with Crippen LogP contribution in [0.15, 0.2) is 36.4 Å². The van der Waals surface area contributed by atoms with Crippen molar-refractivity contribution < 1.29 is 28.6 Å². The third-order valence-corrected chi connectivity index (χ3v) is 4.95. The van der Waals surface area contributed by atoms with E-state index in [9.17, 15) is 14.4 Å². The van der Waals surface area contributed by atoms with Crippen LogP contribution in [0.3, 0.4) is 0 Å². The molecule has 0 radical (unpaired) electrons. The second-order valence-corrected chi connectivity index (χ2v) is 6.21. The van der Waals surface area contributed by atoms with Crippen molar-refractivity contribution in [2.45, 2.75) is 12.3 Å². The summed E-state index contributed by atoms with van der Waals surface area (Å²) >= 11 is 0. The fourth-order valence-electron chi connectivity index (χ4n) is 3.83. The molecule has 0 saturated carbocycles. The Kier molecular flexibility index (Phi) is 3.67. The Labute approximate surface area is 143 Å². The second kappa shape index (κ2) is 5.88. The Morgan fingerprint density at radius 3 is 2.64 bits per heavy atom. The summed E-state index contributed by atoms with van der Waals surface area (Å²) < 4.78 is 15.3. The minimum Gasteiger partial charge on any atom is -0.468 e. The van der Waals surface area contributed by atoms with Crippen molar-refractivity contribution in [1.29, 1.82) is 0 Å². The number of esters is 3. The molecule has 2 aliphatic rings. The van der Waals surface area contributed by atoms with E-state index in [4.69, 9.17) is 14.2 Å². The van der Waals surface area contributed by atoms with E-state index in [2.05, 4.69) is 0 Å². The van der Waals surface area contributed by atoms with E-state index in [0.717, 1.165) is 10.8 Å². The highest BCUT2D eigenvalue weighted by molar-refractivity contribution is 6.02. The minimum atomic E-state index is -1.18. The van der Waals surface area contributed by atoms with Gasteiger partial charge in [-0.1, -0.05) is 30.3 Å². The zero-order valence-electron chi connectivity index (χ0n) is 13.6. The molecule has 0 unspecified atom stereocenters. The summed E-state index contributed by atoms with van der Waals surface area (Å²) in [7, 11) is 1.22. The van der Waals surface area contributed by atoms with Gasteiger partial charge in [-0.2, -0.15) is 0 Å². The van der Waals surface area contributed by atoms with E-state index in [-0.39, 0.29) is 6.61 Å². The maximum atomic E-state index is 12.5. The Hall–Kier alpha value is -2.89. The molecule has 0 spiro atoms. The Morgan fingerprint density at radius 1 is 1.12 bits per heavy atom. The standard InChI is InChI=1S/C19H16O6/c1-23-18(21)16-15(12-8-9-24-17(12)20)14-11-5-3-2-4-10(11)6-7-13(14)25-19(16)22/h2-7,12,15-16H,8-9H2,1H3/t12-,15-,16+/m0/s1. The van der Waals surface area contributed by atoms with Crippen LogP contribution in [-0.4, -0.2) is 31.6 Å². The van der Waals surface area contributed by atoms with E-state index in [1.54, 1.807) is 6.07 Å². The highest BCUT2D eigenvalue weighted by Gasteiger charge is 2.51. The van der Waals surface area contributed by atoms with Gasteiger partial charge >= 0.3 is 17.9 Å². The number of hydrogen-bond donors (Lipinski definition) is 0. The lowest BCUT2D eigenvalue weighted by Crippen LogP contribution is -2.42. The molecule has 1 fully saturated rings. The normalized spacial score (nSPS) is 25.2. The van der Waals surface area contributed by atoms with Crippen LogP contribution in [0.5, 0.6) is 5.75 Å². The molecule has 25 heavy (non-hydrogen) atoms. The molecule has 128 valence electrons. The van der Waals surface area contributed by atoms with Gasteiger partial charge in [0.05, 0.1) is 19.6 Å². The molecule has 0 aromatic heterocycles. The summed E-state index contributed by atoms with van der Waals surface area (Å²) in [6.07, 6.45) is 0.451. The fraction of sp³-hybridized carbons (Fsp3) is 0.316. The maximum Gasteiger partial charge on any atom is 0.326 e. The molecule has 3 atom stereocenters. The number of rotatable bonds is 2. The third-order valence-electron chi connectivity index (χ3n) is 4.95. The van der Waals surface area contributed by atoms with Gasteiger partial charge in [0.1, 0.15) is 5.75 Å². The molecule has 0 N–H and O–H groups in total. The van der Waals surface area contributed by atoms with Crippen LogP contribution in [0.1, 0.15) is 17.9 Å². The molecule has 4 rings (SSSR count). The number of cyclic esters (lactones) is 1. The van der Waals surface area contributed by atoms with Crippen molar-refractivity contribution in [1.82, 2.24) is 0 Å². The van der Waals surface area contributed by atoms with Crippen molar-refractivity contribution in [3.8, 4) is 5.75 Å². The van der Waals surface area contributed by atoms with Gasteiger partial charge in [0.25, 0.3) is 0 Å². The number of fused-ring (bicyclic) bond motifs is 3. The number of methoxy groups -OCH3 is 1. The quantitative estimate of drug-likeness (QED) is 0.474. The van der Waals surface area contributed by atoms with Crippen molar-refractivity contribution in [3.05, 3.63) is 42.0 Å². The van der Waals surface area contributed by atoms with Crippen LogP contribution >= 0.6 is 0 Å².